The molecule has 0 aliphatic heterocycles. The fourth-order valence-electron chi connectivity index (χ4n) is 0.989. The molecule has 0 unspecified atom stereocenters. The SMILES string of the molecule is NNC(=O)C(F)(F)Oc1cc(F)ccc1[N+](=O)[O-]. The Labute approximate surface area is 97.4 Å². The molecule has 1 aromatic carbocycles. The summed E-state index contributed by atoms with van der Waals surface area (Å²) in [6, 6.07) is 1.67. The number of carbonyl (C=O) groups excluding carboxylic acids is 1. The lowest BCUT2D eigenvalue weighted by Gasteiger charge is -2.15. The topological polar surface area (TPSA) is 107 Å². The van der Waals surface area contributed by atoms with Gasteiger partial charge in [-0.1, -0.05) is 0 Å². The number of nitro groups is 1. The van der Waals surface area contributed by atoms with Crippen LogP contribution in [0.5, 0.6) is 5.75 Å². The van der Waals surface area contributed by atoms with Crippen LogP contribution in [0.25, 0.3) is 0 Å². The number of hydrazine groups is 1. The van der Waals surface area contributed by atoms with Crippen molar-refractivity contribution in [3.63, 3.8) is 0 Å². The molecular formula is C8H6F3N3O4. The molecule has 1 aromatic rings. The Hall–Kier alpha value is -2.36. The first-order valence-electron chi connectivity index (χ1n) is 4.29. The molecule has 7 nitrogen and oxygen atoms in total. The van der Waals surface area contributed by atoms with E-state index >= 15 is 0 Å². The summed E-state index contributed by atoms with van der Waals surface area (Å²) < 4.78 is 42.7. The molecule has 0 spiro atoms. The van der Waals surface area contributed by atoms with Crippen LogP contribution < -0.4 is 16.0 Å². The number of rotatable bonds is 4. The number of carbonyl (C=O) groups is 1. The lowest BCUT2D eigenvalue weighted by molar-refractivity contribution is -0.387. The van der Waals surface area contributed by atoms with Crippen molar-refractivity contribution in [3.8, 4) is 5.75 Å². The van der Waals surface area contributed by atoms with Gasteiger partial charge in [0.05, 0.1) is 4.92 Å². The molecule has 0 atom stereocenters. The zero-order valence-electron chi connectivity index (χ0n) is 8.52. The first-order valence-corrected chi connectivity index (χ1v) is 4.29. The number of nitrogens with two attached hydrogens (primary N) is 1. The molecule has 10 heteroatoms. The number of halogens is 3. The Bertz CT molecular complexity index is 494. The van der Waals surface area contributed by atoms with E-state index in [4.69, 9.17) is 0 Å². The van der Waals surface area contributed by atoms with Crippen molar-refractivity contribution in [2.24, 2.45) is 5.84 Å². The maximum atomic E-state index is 13.0. The monoisotopic (exact) mass is 265 g/mol. The van der Waals surface area contributed by atoms with E-state index < -0.39 is 34.2 Å². The minimum absolute atomic E-state index is 0.357. The predicted octanol–water partition coefficient (Wildman–Crippen LogP) is 0.695. The maximum Gasteiger partial charge on any atom is 0.483 e. The number of nitrogens with one attached hydrogen (secondary N) is 1. The molecule has 0 aliphatic rings. The summed E-state index contributed by atoms with van der Waals surface area (Å²) in [7, 11) is 0. The zero-order chi connectivity index (χ0) is 13.9. The van der Waals surface area contributed by atoms with Crippen LogP contribution in [0, 0.1) is 15.9 Å². The Kier molecular flexibility index (Phi) is 3.71. The smallest absolute Gasteiger partial charge is 0.418 e. The number of alkyl halides is 2. The first kappa shape index (κ1) is 13.7. The Morgan fingerprint density at radius 1 is 1.50 bits per heavy atom. The molecule has 0 bridgehead atoms. The number of nitrogens with zero attached hydrogens (tertiary/aromatic N) is 1. The Morgan fingerprint density at radius 3 is 2.61 bits per heavy atom. The third kappa shape index (κ3) is 2.85. The first-order chi connectivity index (χ1) is 8.27. The minimum Gasteiger partial charge on any atom is -0.418 e. The molecule has 98 valence electrons. The normalized spacial score (nSPS) is 10.9. The molecular weight excluding hydrogens is 259 g/mol. The number of nitro benzene ring substituents is 1. The number of benzene rings is 1. The second-order valence-electron chi connectivity index (χ2n) is 2.96. The van der Waals surface area contributed by atoms with E-state index in [1.807, 2.05) is 0 Å². The molecule has 3 N–H and O–H groups in total. The van der Waals surface area contributed by atoms with Gasteiger partial charge in [0.25, 0.3) is 0 Å². The van der Waals surface area contributed by atoms with Crippen molar-refractivity contribution < 1.29 is 27.6 Å². The third-order valence-electron chi connectivity index (χ3n) is 1.75. The van der Waals surface area contributed by atoms with E-state index in [1.165, 1.54) is 0 Å². The fourth-order valence-corrected chi connectivity index (χ4v) is 0.989. The summed E-state index contributed by atoms with van der Waals surface area (Å²) >= 11 is 0. The lowest BCUT2D eigenvalue weighted by atomic mass is 10.3. The molecule has 1 rings (SSSR count). The average molecular weight is 265 g/mol. The molecule has 0 fully saturated rings. The van der Waals surface area contributed by atoms with Crippen LogP contribution in [0.4, 0.5) is 18.9 Å². The van der Waals surface area contributed by atoms with Gasteiger partial charge in [-0.2, -0.15) is 8.78 Å². The number of amides is 1. The van der Waals surface area contributed by atoms with Crippen LogP contribution in [-0.2, 0) is 4.79 Å². The van der Waals surface area contributed by atoms with Crippen LogP contribution in [0.2, 0.25) is 0 Å². The van der Waals surface area contributed by atoms with Gasteiger partial charge in [0.2, 0.25) is 5.75 Å². The van der Waals surface area contributed by atoms with Gasteiger partial charge in [0.15, 0.2) is 0 Å². The van der Waals surface area contributed by atoms with Gasteiger partial charge in [-0.25, -0.2) is 10.2 Å². The summed E-state index contributed by atoms with van der Waals surface area (Å²) in [6.45, 7) is 0. The average Bonchev–Trinajstić information content (AvgIpc) is 2.26. The lowest BCUT2D eigenvalue weighted by Crippen LogP contribution is -2.47. The van der Waals surface area contributed by atoms with Crippen LogP contribution in [0.3, 0.4) is 0 Å². The highest BCUT2D eigenvalue weighted by atomic mass is 19.3. The minimum atomic E-state index is -4.46. The molecule has 0 radical (unpaired) electrons. The van der Waals surface area contributed by atoms with E-state index in [1.54, 1.807) is 0 Å². The van der Waals surface area contributed by atoms with Gasteiger partial charge in [0, 0.05) is 12.1 Å². The van der Waals surface area contributed by atoms with Crippen LogP contribution >= 0.6 is 0 Å². The summed E-state index contributed by atoms with van der Waals surface area (Å²) in [4.78, 5) is 20.1. The van der Waals surface area contributed by atoms with Gasteiger partial charge in [0.1, 0.15) is 5.82 Å². The molecule has 0 aliphatic carbocycles. The van der Waals surface area contributed by atoms with Crippen molar-refractivity contribution in [3.05, 3.63) is 34.1 Å². The molecule has 0 saturated carbocycles. The summed E-state index contributed by atoms with van der Waals surface area (Å²) in [5.74, 6) is 0.314. The van der Waals surface area contributed by atoms with Crippen LogP contribution in [-0.4, -0.2) is 16.9 Å². The maximum absolute atomic E-state index is 13.0. The highest BCUT2D eigenvalue weighted by Crippen LogP contribution is 2.31. The second-order valence-corrected chi connectivity index (χ2v) is 2.96. The largest absolute Gasteiger partial charge is 0.483 e. The van der Waals surface area contributed by atoms with Crippen molar-refractivity contribution in [1.82, 2.24) is 5.43 Å². The summed E-state index contributed by atoms with van der Waals surface area (Å²) in [5, 5.41) is 10.5. The van der Waals surface area contributed by atoms with E-state index in [2.05, 4.69) is 10.6 Å². The Balaban J connectivity index is 3.13. The van der Waals surface area contributed by atoms with E-state index in [0.29, 0.717) is 18.2 Å². The van der Waals surface area contributed by atoms with Gasteiger partial charge in [-0.05, 0) is 6.07 Å². The predicted molar refractivity (Wildman–Crippen MR) is 51.0 cm³/mol. The Morgan fingerprint density at radius 2 is 2.11 bits per heavy atom. The summed E-state index contributed by atoms with van der Waals surface area (Å²) in [5.41, 5.74) is 0.195. The van der Waals surface area contributed by atoms with Gasteiger partial charge in [-0.3, -0.25) is 20.3 Å². The molecule has 0 saturated heterocycles. The fraction of sp³-hybridized carbons (Fsp3) is 0.125. The van der Waals surface area contributed by atoms with Crippen molar-refractivity contribution in [2.45, 2.75) is 6.11 Å². The van der Waals surface area contributed by atoms with Crippen molar-refractivity contribution in [2.75, 3.05) is 0 Å². The van der Waals surface area contributed by atoms with Crippen LogP contribution in [0.1, 0.15) is 0 Å². The van der Waals surface area contributed by atoms with Crippen molar-refractivity contribution >= 4 is 11.6 Å². The van der Waals surface area contributed by atoms with Gasteiger partial charge < -0.3 is 4.74 Å². The van der Waals surface area contributed by atoms with E-state index in [0.717, 1.165) is 5.43 Å². The van der Waals surface area contributed by atoms with Gasteiger partial charge >= 0.3 is 17.7 Å². The highest BCUT2D eigenvalue weighted by Gasteiger charge is 2.43. The second kappa shape index (κ2) is 4.87. The standard InChI is InChI=1S/C8H6F3N3O4/c9-4-1-2-5(14(16)17)6(3-4)18-8(10,11)7(15)13-12/h1-3H,12H2,(H,13,15). The molecule has 0 aromatic heterocycles. The quantitative estimate of drug-likeness (QED) is 0.360. The number of hydrogen-bond donors (Lipinski definition) is 2. The van der Waals surface area contributed by atoms with E-state index in [-0.39, 0.29) is 0 Å². The van der Waals surface area contributed by atoms with E-state index in [9.17, 15) is 28.1 Å². The third-order valence-corrected chi connectivity index (χ3v) is 1.75. The summed E-state index contributed by atoms with van der Waals surface area (Å²) in [6.07, 6.45) is -4.46. The number of hydrogen-bond acceptors (Lipinski definition) is 5. The van der Waals surface area contributed by atoms with Crippen molar-refractivity contribution in [1.29, 1.82) is 0 Å². The van der Waals surface area contributed by atoms with Crippen LogP contribution in [0.15, 0.2) is 18.2 Å². The van der Waals surface area contributed by atoms with Gasteiger partial charge in [-0.15, -0.1) is 0 Å². The zero-order valence-corrected chi connectivity index (χ0v) is 8.52. The highest BCUT2D eigenvalue weighted by molar-refractivity contribution is 5.81. The number of ether oxygens (including phenoxy) is 1. The molecule has 0 heterocycles. The molecule has 1 amide bonds. The molecule has 18 heavy (non-hydrogen) atoms.